The molecule has 0 aromatic heterocycles. The lowest BCUT2D eigenvalue weighted by Gasteiger charge is -2.18. The summed E-state index contributed by atoms with van der Waals surface area (Å²) in [5, 5.41) is 0. The Labute approximate surface area is 315 Å². The van der Waals surface area contributed by atoms with Gasteiger partial charge in [0.2, 0.25) is 0 Å². The lowest BCUT2D eigenvalue weighted by Crippen LogP contribution is -2.30. The summed E-state index contributed by atoms with van der Waals surface area (Å²) in [6.45, 7) is 6.47. The molecular weight excluding hydrogens is 636 g/mol. The molecule has 0 radical (unpaired) electrons. The molecule has 0 amide bonds. The Morgan fingerprint density at radius 2 is 0.686 bits per heavy atom. The summed E-state index contributed by atoms with van der Waals surface area (Å²) < 4.78 is 16.5. The van der Waals surface area contributed by atoms with E-state index in [2.05, 4.69) is 45.1 Å². The summed E-state index contributed by atoms with van der Waals surface area (Å²) in [7, 11) is 0. The lowest BCUT2D eigenvalue weighted by atomic mass is 10.1. The highest BCUT2D eigenvalue weighted by Crippen LogP contribution is 2.14. The van der Waals surface area contributed by atoms with Crippen LogP contribution < -0.4 is 0 Å². The monoisotopic (exact) mass is 719 g/mol. The van der Waals surface area contributed by atoms with Crippen molar-refractivity contribution in [1.82, 2.24) is 0 Å². The molecule has 6 nitrogen and oxygen atoms in total. The molecule has 1 atom stereocenters. The third-order valence-corrected chi connectivity index (χ3v) is 9.41. The first-order valence-corrected chi connectivity index (χ1v) is 21.8. The zero-order valence-corrected chi connectivity index (χ0v) is 33.9. The molecule has 0 aromatic rings. The Morgan fingerprint density at radius 1 is 0.373 bits per heavy atom. The number of hydrogen-bond donors (Lipinski definition) is 0. The maximum absolute atomic E-state index is 12.6. The molecule has 51 heavy (non-hydrogen) atoms. The maximum atomic E-state index is 12.6. The number of esters is 3. The first kappa shape index (κ1) is 48.9. The standard InChI is InChI=1S/C45H82O6/c1-4-7-10-13-15-17-19-20-21-22-23-24-25-26-28-29-32-35-38-44(47)50-41-42(40-49-43(46)37-34-31-12-9-6-3)51-45(48)39-36-33-30-27-18-16-14-11-8-5-2/h11,14,21-22,42H,4-10,12-13,15-20,23-41H2,1-3H3/b14-11-,22-21-. The van der Waals surface area contributed by atoms with Crippen LogP contribution in [0.5, 0.6) is 0 Å². The Kier molecular flexibility index (Phi) is 39.0. The van der Waals surface area contributed by atoms with E-state index in [1.165, 1.54) is 103 Å². The van der Waals surface area contributed by atoms with Crippen molar-refractivity contribution < 1.29 is 28.6 Å². The lowest BCUT2D eigenvalue weighted by molar-refractivity contribution is -0.167. The summed E-state index contributed by atoms with van der Waals surface area (Å²) in [5.41, 5.74) is 0. The summed E-state index contributed by atoms with van der Waals surface area (Å²) in [6, 6.07) is 0. The molecule has 0 spiro atoms. The Bertz CT molecular complexity index is 835. The van der Waals surface area contributed by atoms with Crippen LogP contribution in [0.15, 0.2) is 24.3 Å². The number of allylic oxidation sites excluding steroid dienone is 4. The molecule has 0 fully saturated rings. The second kappa shape index (κ2) is 40.7. The van der Waals surface area contributed by atoms with E-state index in [9.17, 15) is 14.4 Å². The Balaban J connectivity index is 4.17. The van der Waals surface area contributed by atoms with Crippen molar-refractivity contribution in [3.63, 3.8) is 0 Å². The number of hydrogen-bond acceptors (Lipinski definition) is 6. The number of rotatable bonds is 39. The minimum Gasteiger partial charge on any atom is -0.462 e. The van der Waals surface area contributed by atoms with Gasteiger partial charge in [0.15, 0.2) is 6.10 Å². The van der Waals surface area contributed by atoms with Crippen molar-refractivity contribution >= 4 is 17.9 Å². The Morgan fingerprint density at radius 3 is 1.06 bits per heavy atom. The largest absolute Gasteiger partial charge is 0.462 e. The molecular formula is C45H82O6. The van der Waals surface area contributed by atoms with Crippen LogP contribution in [-0.4, -0.2) is 37.2 Å². The van der Waals surface area contributed by atoms with Gasteiger partial charge in [0.25, 0.3) is 0 Å². The fourth-order valence-corrected chi connectivity index (χ4v) is 6.08. The van der Waals surface area contributed by atoms with E-state index in [-0.39, 0.29) is 31.1 Å². The highest BCUT2D eigenvalue weighted by Gasteiger charge is 2.19. The van der Waals surface area contributed by atoms with Crippen molar-refractivity contribution in [3.8, 4) is 0 Å². The highest BCUT2D eigenvalue weighted by molar-refractivity contribution is 5.71. The van der Waals surface area contributed by atoms with E-state index in [4.69, 9.17) is 14.2 Å². The van der Waals surface area contributed by atoms with E-state index in [1.807, 2.05) is 0 Å². The van der Waals surface area contributed by atoms with Crippen LogP contribution >= 0.6 is 0 Å². The zero-order chi connectivity index (χ0) is 37.3. The van der Waals surface area contributed by atoms with Crippen molar-refractivity contribution in [1.29, 1.82) is 0 Å². The van der Waals surface area contributed by atoms with Crippen LogP contribution in [0.1, 0.15) is 226 Å². The van der Waals surface area contributed by atoms with Crippen molar-refractivity contribution in [3.05, 3.63) is 24.3 Å². The van der Waals surface area contributed by atoms with Gasteiger partial charge in [-0.1, -0.05) is 167 Å². The predicted octanol–water partition coefficient (Wildman–Crippen LogP) is 13.6. The molecule has 1 unspecified atom stereocenters. The van der Waals surface area contributed by atoms with E-state index in [0.717, 1.165) is 83.5 Å². The van der Waals surface area contributed by atoms with Gasteiger partial charge in [-0.15, -0.1) is 0 Å². The molecule has 0 aliphatic heterocycles. The first-order valence-electron chi connectivity index (χ1n) is 21.8. The smallest absolute Gasteiger partial charge is 0.306 e. The summed E-state index contributed by atoms with van der Waals surface area (Å²) >= 11 is 0. The van der Waals surface area contributed by atoms with E-state index >= 15 is 0 Å². The molecule has 0 N–H and O–H groups in total. The molecule has 0 heterocycles. The average Bonchev–Trinajstić information content (AvgIpc) is 3.12. The first-order chi connectivity index (χ1) is 25.0. The van der Waals surface area contributed by atoms with Crippen LogP contribution in [0.2, 0.25) is 0 Å². The van der Waals surface area contributed by atoms with Crippen molar-refractivity contribution in [2.45, 2.75) is 232 Å². The van der Waals surface area contributed by atoms with E-state index in [1.54, 1.807) is 0 Å². The number of carbonyl (C=O) groups excluding carboxylic acids is 3. The van der Waals surface area contributed by atoms with Crippen molar-refractivity contribution in [2.75, 3.05) is 13.2 Å². The topological polar surface area (TPSA) is 78.9 Å². The SMILES string of the molecule is CCC/C=C\CCCCCCCC(=O)OC(COC(=O)CCCCCCC)COC(=O)CCCCCCCCC/C=C\CCCCCCCCC. The highest BCUT2D eigenvalue weighted by atomic mass is 16.6. The Hall–Kier alpha value is -2.11. The normalized spacial score (nSPS) is 12.1. The number of ether oxygens (including phenoxy) is 3. The molecule has 0 bridgehead atoms. The third kappa shape index (κ3) is 38.9. The van der Waals surface area contributed by atoms with Crippen LogP contribution in [0.4, 0.5) is 0 Å². The van der Waals surface area contributed by atoms with Gasteiger partial charge in [-0.25, -0.2) is 0 Å². The van der Waals surface area contributed by atoms with Gasteiger partial charge in [-0.2, -0.15) is 0 Å². The van der Waals surface area contributed by atoms with Gasteiger partial charge < -0.3 is 14.2 Å². The predicted molar refractivity (Wildman–Crippen MR) is 215 cm³/mol. The third-order valence-electron chi connectivity index (χ3n) is 9.41. The number of carbonyl (C=O) groups is 3. The minimum atomic E-state index is -0.768. The van der Waals surface area contributed by atoms with Gasteiger partial charge in [0.05, 0.1) is 0 Å². The second-order valence-corrected chi connectivity index (χ2v) is 14.6. The molecule has 0 rings (SSSR count). The number of unbranched alkanes of at least 4 members (excludes halogenated alkanes) is 24. The zero-order valence-electron chi connectivity index (χ0n) is 33.9. The molecule has 0 saturated carbocycles. The second-order valence-electron chi connectivity index (χ2n) is 14.6. The fraction of sp³-hybridized carbons (Fsp3) is 0.844. The summed E-state index contributed by atoms with van der Waals surface area (Å²) in [6.07, 6.45) is 43.4. The van der Waals surface area contributed by atoms with Gasteiger partial charge >= 0.3 is 17.9 Å². The molecule has 6 heteroatoms. The average molecular weight is 719 g/mol. The van der Waals surface area contributed by atoms with Gasteiger partial charge in [-0.3, -0.25) is 14.4 Å². The van der Waals surface area contributed by atoms with Gasteiger partial charge in [0, 0.05) is 19.3 Å². The fourth-order valence-electron chi connectivity index (χ4n) is 6.08. The van der Waals surface area contributed by atoms with Gasteiger partial charge in [0.1, 0.15) is 13.2 Å². The van der Waals surface area contributed by atoms with E-state index < -0.39 is 6.10 Å². The molecule has 0 aliphatic carbocycles. The molecule has 0 aliphatic rings. The van der Waals surface area contributed by atoms with Crippen molar-refractivity contribution in [2.24, 2.45) is 0 Å². The quantitative estimate of drug-likeness (QED) is 0.0272. The molecule has 0 aromatic carbocycles. The minimum absolute atomic E-state index is 0.0760. The molecule has 298 valence electrons. The molecule has 0 saturated heterocycles. The van der Waals surface area contributed by atoms with E-state index in [0.29, 0.717) is 19.3 Å². The van der Waals surface area contributed by atoms with Crippen LogP contribution in [0.25, 0.3) is 0 Å². The maximum Gasteiger partial charge on any atom is 0.306 e. The van der Waals surface area contributed by atoms with Crippen LogP contribution in [0.3, 0.4) is 0 Å². The summed E-state index contributed by atoms with van der Waals surface area (Å²) in [4.78, 5) is 37.3. The van der Waals surface area contributed by atoms with Gasteiger partial charge in [-0.05, 0) is 64.2 Å². The summed E-state index contributed by atoms with van der Waals surface area (Å²) in [5.74, 6) is -0.904. The van der Waals surface area contributed by atoms with Crippen LogP contribution in [0, 0.1) is 0 Å². The van der Waals surface area contributed by atoms with Crippen LogP contribution in [-0.2, 0) is 28.6 Å².